The molecule has 0 heterocycles. The SMILES string of the molecule is CC(C)(C)C1CCC(NC(C(=O)Oc2ccc(-c3ccccc3)cc2)c2ccc(C(=O)NCCC(=O)O)cc2)CC1. The van der Waals surface area contributed by atoms with E-state index in [1.807, 2.05) is 42.5 Å². The highest BCUT2D eigenvalue weighted by molar-refractivity contribution is 5.94. The molecule has 0 spiro atoms. The van der Waals surface area contributed by atoms with Gasteiger partial charge >= 0.3 is 11.9 Å². The van der Waals surface area contributed by atoms with Gasteiger partial charge in [-0.15, -0.1) is 0 Å². The van der Waals surface area contributed by atoms with Gasteiger partial charge < -0.3 is 15.2 Å². The van der Waals surface area contributed by atoms with Crippen molar-refractivity contribution in [3.8, 4) is 16.9 Å². The molecule has 1 aliphatic carbocycles. The zero-order valence-electron chi connectivity index (χ0n) is 24.1. The average Bonchev–Trinajstić information content (AvgIpc) is 2.96. The van der Waals surface area contributed by atoms with E-state index in [1.54, 1.807) is 36.4 Å². The van der Waals surface area contributed by atoms with Crippen LogP contribution in [0.2, 0.25) is 0 Å². The van der Waals surface area contributed by atoms with Crippen molar-refractivity contribution in [2.75, 3.05) is 6.54 Å². The number of hydrogen-bond acceptors (Lipinski definition) is 5. The topological polar surface area (TPSA) is 105 Å². The summed E-state index contributed by atoms with van der Waals surface area (Å²) in [5.41, 5.74) is 3.48. The second kappa shape index (κ2) is 13.6. The summed E-state index contributed by atoms with van der Waals surface area (Å²) in [6.45, 7) is 6.91. The van der Waals surface area contributed by atoms with Crippen molar-refractivity contribution in [3.05, 3.63) is 90.0 Å². The summed E-state index contributed by atoms with van der Waals surface area (Å²) in [5, 5.41) is 15.0. The molecule has 0 radical (unpaired) electrons. The number of esters is 1. The van der Waals surface area contributed by atoms with Crippen molar-refractivity contribution in [2.24, 2.45) is 11.3 Å². The van der Waals surface area contributed by atoms with Crippen LogP contribution in [0.4, 0.5) is 0 Å². The fraction of sp³-hybridized carbons (Fsp3) is 0.382. The minimum atomic E-state index is -0.973. The maximum Gasteiger partial charge on any atom is 0.333 e. The van der Waals surface area contributed by atoms with Gasteiger partial charge in [-0.3, -0.25) is 14.9 Å². The summed E-state index contributed by atoms with van der Waals surface area (Å²) in [4.78, 5) is 36.7. The predicted octanol–water partition coefficient (Wildman–Crippen LogP) is 6.40. The molecule has 0 aromatic heterocycles. The first-order valence-corrected chi connectivity index (χ1v) is 14.3. The number of carboxylic acid groups (broad SMARTS) is 1. The van der Waals surface area contributed by atoms with Gasteiger partial charge in [0.15, 0.2) is 0 Å². The van der Waals surface area contributed by atoms with Crippen LogP contribution in [0, 0.1) is 11.3 Å². The van der Waals surface area contributed by atoms with E-state index in [4.69, 9.17) is 9.84 Å². The Labute approximate surface area is 242 Å². The molecular weight excluding hydrogens is 516 g/mol. The van der Waals surface area contributed by atoms with Crippen LogP contribution in [0.15, 0.2) is 78.9 Å². The molecule has 1 saturated carbocycles. The van der Waals surface area contributed by atoms with Crippen molar-refractivity contribution in [1.29, 1.82) is 0 Å². The minimum Gasteiger partial charge on any atom is -0.481 e. The van der Waals surface area contributed by atoms with Crippen LogP contribution in [0.1, 0.15) is 74.8 Å². The second-order valence-corrected chi connectivity index (χ2v) is 11.8. The van der Waals surface area contributed by atoms with E-state index in [0.717, 1.165) is 36.8 Å². The lowest BCUT2D eigenvalue weighted by molar-refractivity contribution is -0.138. The summed E-state index contributed by atoms with van der Waals surface area (Å²) in [7, 11) is 0. The van der Waals surface area contributed by atoms with Crippen LogP contribution < -0.4 is 15.4 Å². The van der Waals surface area contributed by atoms with Gasteiger partial charge in [0.2, 0.25) is 0 Å². The van der Waals surface area contributed by atoms with Gasteiger partial charge in [-0.1, -0.05) is 75.4 Å². The smallest absolute Gasteiger partial charge is 0.333 e. The average molecular weight is 557 g/mol. The van der Waals surface area contributed by atoms with Gasteiger partial charge in [-0.05, 0) is 78.0 Å². The molecule has 0 saturated heterocycles. The maximum atomic E-state index is 13.6. The molecule has 41 heavy (non-hydrogen) atoms. The number of aliphatic carboxylic acids is 1. The first-order valence-electron chi connectivity index (χ1n) is 14.3. The van der Waals surface area contributed by atoms with Gasteiger partial charge in [0, 0.05) is 18.2 Å². The van der Waals surface area contributed by atoms with Gasteiger partial charge in [0.05, 0.1) is 6.42 Å². The number of carbonyl (C=O) groups is 3. The number of ether oxygens (including phenoxy) is 1. The molecule has 0 aliphatic heterocycles. The fourth-order valence-corrected chi connectivity index (χ4v) is 5.40. The minimum absolute atomic E-state index is 0.0483. The summed E-state index contributed by atoms with van der Waals surface area (Å²) in [6, 6.07) is 23.8. The van der Waals surface area contributed by atoms with Crippen LogP contribution in [0.25, 0.3) is 11.1 Å². The van der Waals surface area contributed by atoms with Crippen molar-refractivity contribution in [3.63, 3.8) is 0 Å². The van der Waals surface area contributed by atoms with E-state index in [1.165, 1.54) is 0 Å². The van der Waals surface area contributed by atoms with Gasteiger partial charge in [-0.25, -0.2) is 4.79 Å². The van der Waals surface area contributed by atoms with Gasteiger partial charge in [-0.2, -0.15) is 0 Å². The predicted molar refractivity (Wildman–Crippen MR) is 160 cm³/mol. The Kier molecular flexibility index (Phi) is 9.95. The number of nitrogens with one attached hydrogen (secondary N) is 2. The molecule has 1 aliphatic rings. The molecule has 3 N–H and O–H groups in total. The van der Waals surface area contributed by atoms with Crippen LogP contribution in [-0.2, 0) is 9.59 Å². The normalized spacial score (nSPS) is 17.8. The number of rotatable bonds is 10. The molecule has 7 nitrogen and oxygen atoms in total. The van der Waals surface area contributed by atoms with Gasteiger partial charge in [0.25, 0.3) is 5.91 Å². The lowest BCUT2D eigenvalue weighted by atomic mass is 9.71. The van der Waals surface area contributed by atoms with Crippen molar-refractivity contribution < 1.29 is 24.2 Å². The highest BCUT2D eigenvalue weighted by Crippen LogP contribution is 2.38. The number of carbonyl (C=O) groups excluding carboxylic acids is 2. The third-order valence-corrected chi connectivity index (χ3v) is 7.90. The largest absolute Gasteiger partial charge is 0.481 e. The second-order valence-electron chi connectivity index (χ2n) is 11.8. The van der Waals surface area contributed by atoms with Crippen molar-refractivity contribution in [1.82, 2.24) is 10.6 Å². The zero-order chi connectivity index (χ0) is 29.4. The molecule has 4 rings (SSSR count). The number of hydrogen-bond donors (Lipinski definition) is 3. The Balaban J connectivity index is 1.48. The third-order valence-electron chi connectivity index (χ3n) is 7.90. The Morgan fingerprint density at radius 3 is 2.05 bits per heavy atom. The lowest BCUT2D eigenvalue weighted by Crippen LogP contribution is -2.42. The molecule has 7 heteroatoms. The molecule has 1 atom stereocenters. The molecule has 3 aromatic rings. The van der Waals surface area contributed by atoms with Crippen LogP contribution >= 0.6 is 0 Å². The van der Waals surface area contributed by atoms with E-state index in [9.17, 15) is 14.4 Å². The van der Waals surface area contributed by atoms with Crippen LogP contribution in [0.3, 0.4) is 0 Å². The summed E-state index contributed by atoms with van der Waals surface area (Å²) in [6.07, 6.45) is 3.99. The quantitative estimate of drug-likeness (QED) is 0.197. The van der Waals surface area contributed by atoms with Crippen LogP contribution in [0.5, 0.6) is 5.75 Å². The Morgan fingerprint density at radius 1 is 0.854 bits per heavy atom. The highest BCUT2D eigenvalue weighted by Gasteiger charge is 2.32. The zero-order valence-corrected chi connectivity index (χ0v) is 24.1. The summed E-state index contributed by atoms with van der Waals surface area (Å²) < 4.78 is 5.86. The molecular formula is C34H40N2O5. The molecule has 3 aromatic carbocycles. The summed E-state index contributed by atoms with van der Waals surface area (Å²) >= 11 is 0. The Bertz CT molecular complexity index is 1310. The van der Waals surface area contributed by atoms with E-state index in [2.05, 4.69) is 31.4 Å². The van der Waals surface area contributed by atoms with Gasteiger partial charge in [0.1, 0.15) is 11.8 Å². The third kappa shape index (κ3) is 8.51. The van der Waals surface area contributed by atoms with Crippen molar-refractivity contribution in [2.45, 2.75) is 65.0 Å². The van der Waals surface area contributed by atoms with Crippen LogP contribution in [-0.4, -0.2) is 35.5 Å². The van der Waals surface area contributed by atoms with Crippen molar-refractivity contribution >= 4 is 17.8 Å². The molecule has 1 unspecified atom stereocenters. The monoisotopic (exact) mass is 556 g/mol. The fourth-order valence-electron chi connectivity index (χ4n) is 5.40. The Hall–Kier alpha value is -3.97. The Morgan fingerprint density at radius 2 is 1.46 bits per heavy atom. The first kappa shape index (κ1) is 30.0. The molecule has 216 valence electrons. The number of benzene rings is 3. The highest BCUT2D eigenvalue weighted by atomic mass is 16.5. The number of amides is 1. The van der Waals surface area contributed by atoms with E-state index in [0.29, 0.717) is 22.8 Å². The molecule has 0 bridgehead atoms. The maximum absolute atomic E-state index is 13.6. The summed E-state index contributed by atoms with van der Waals surface area (Å²) in [5.74, 6) is -0.627. The number of carboxylic acids is 1. The standard InChI is InChI=1S/C34H40N2O5/c1-34(2,3)27-15-17-28(18-16-27)36-31(25-9-11-26(12-10-25)32(39)35-22-21-30(37)38)33(40)41-29-19-13-24(14-20-29)23-7-5-4-6-8-23/h4-14,19-20,27-28,31,36H,15-18,21-22H2,1-3H3,(H,35,39)(H,37,38). The molecule has 1 fully saturated rings. The first-order chi connectivity index (χ1) is 19.6. The van der Waals surface area contributed by atoms with E-state index >= 15 is 0 Å². The van der Waals surface area contributed by atoms with E-state index < -0.39 is 18.0 Å². The molecule has 1 amide bonds. The lowest BCUT2D eigenvalue weighted by Gasteiger charge is -2.38. The van der Waals surface area contributed by atoms with E-state index in [-0.39, 0.29) is 30.3 Å².